The molecular formula is C29H39NO9. The first-order valence-corrected chi connectivity index (χ1v) is 13.5. The van der Waals surface area contributed by atoms with Gasteiger partial charge in [-0.2, -0.15) is 0 Å². The maximum absolute atomic E-state index is 12.3. The average Bonchev–Trinajstić information content (AvgIpc) is 3.56. The summed E-state index contributed by atoms with van der Waals surface area (Å²) >= 11 is 0. The van der Waals surface area contributed by atoms with Gasteiger partial charge in [-0.1, -0.05) is 12.2 Å². The minimum atomic E-state index is -2.01. The second-order valence-electron chi connectivity index (χ2n) is 11.5. The first-order valence-electron chi connectivity index (χ1n) is 13.5. The summed E-state index contributed by atoms with van der Waals surface area (Å²) in [6, 6.07) is 4.04. The lowest BCUT2D eigenvalue weighted by atomic mass is 9.77. The molecule has 1 aliphatic carbocycles. The van der Waals surface area contributed by atoms with Gasteiger partial charge in [-0.05, 0) is 75.4 Å². The highest BCUT2D eigenvalue weighted by Gasteiger charge is 2.58. The van der Waals surface area contributed by atoms with Gasteiger partial charge in [-0.25, -0.2) is 0 Å². The van der Waals surface area contributed by atoms with Crippen LogP contribution < -0.4 is 9.47 Å². The van der Waals surface area contributed by atoms with Crippen molar-refractivity contribution in [1.29, 1.82) is 0 Å². The van der Waals surface area contributed by atoms with Gasteiger partial charge in [0.25, 0.3) is 0 Å². The molecule has 10 nitrogen and oxygen atoms in total. The zero-order chi connectivity index (χ0) is 28.0. The number of nitrogens with zero attached hydrogens (tertiary/aromatic N) is 1. The fourth-order valence-electron chi connectivity index (χ4n) is 6.51. The van der Waals surface area contributed by atoms with Crippen LogP contribution in [0.1, 0.15) is 56.6 Å². The van der Waals surface area contributed by atoms with Crippen molar-refractivity contribution in [2.75, 3.05) is 34.1 Å². The minimum Gasteiger partial charge on any atom is -0.499 e. The van der Waals surface area contributed by atoms with Crippen LogP contribution in [0.2, 0.25) is 0 Å². The molecule has 0 aromatic heterocycles. The molecule has 3 N–H and O–H groups in total. The molecule has 3 heterocycles. The monoisotopic (exact) mass is 545 g/mol. The van der Waals surface area contributed by atoms with E-state index in [1.807, 2.05) is 12.1 Å². The lowest BCUT2D eigenvalue weighted by molar-refractivity contribution is -0.237. The molecule has 4 aliphatic rings. The molecule has 0 saturated carbocycles. The number of rotatable bonds is 9. The van der Waals surface area contributed by atoms with Crippen LogP contribution >= 0.6 is 0 Å². The summed E-state index contributed by atoms with van der Waals surface area (Å²) in [4.78, 5) is 14.7. The van der Waals surface area contributed by atoms with Gasteiger partial charge in [-0.15, -0.1) is 0 Å². The topological polar surface area (TPSA) is 127 Å². The van der Waals surface area contributed by atoms with Crippen LogP contribution in [-0.4, -0.2) is 89.4 Å². The second kappa shape index (κ2) is 10.4. The summed E-state index contributed by atoms with van der Waals surface area (Å²) in [6.45, 7) is 5.12. The number of benzene rings is 1. The first kappa shape index (κ1) is 27.9. The molecule has 0 bridgehead atoms. The van der Waals surface area contributed by atoms with E-state index in [0.29, 0.717) is 17.3 Å². The first-order chi connectivity index (χ1) is 18.5. The Labute approximate surface area is 228 Å². The van der Waals surface area contributed by atoms with E-state index in [1.165, 1.54) is 19.3 Å². The maximum atomic E-state index is 12.3. The van der Waals surface area contributed by atoms with Gasteiger partial charge in [0.15, 0.2) is 17.8 Å². The number of fused-ring (bicyclic) bond motifs is 3. The number of esters is 1. The zero-order valence-electron chi connectivity index (χ0n) is 23.0. The third kappa shape index (κ3) is 5.16. The molecule has 214 valence electrons. The molecule has 1 spiro atoms. The Morgan fingerprint density at radius 1 is 1.23 bits per heavy atom. The maximum Gasteiger partial charge on any atom is 0.308 e. The van der Waals surface area contributed by atoms with E-state index in [-0.39, 0.29) is 19.1 Å². The van der Waals surface area contributed by atoms with Crippen molar-refractivity contribution in [3.63, 3.8) is 0 Å². The highest BCUT2D eigenvalue weighted by Crippen LogP contribution is 2.56. The van der Waals surface area contributed by atoms with E-state index in [0.717, 1.165) is 43.5 Å². The van der Waals surface area contributed by atoms with Gasteiger partial charge in [-0.3, -0.25) is 9.69 Å². The van der Waals surface area contributed by atoms with Gasteiger partial charge in [0.1, 0.15) is 17.5 Å². The van der Waals surface area contributed by atoms with Gasteiger partial charge in [0.05, 0.1) is 31.8 Å². The van der Waals surface area contributed by atoms with Crippen LogP contribution in [-0.2, 0) is 25.4 Å². The Balaban J connectivity index is 1.52. The van der Waals surface area contributed by atoms with Crippen LogP contribution in [0.5, 0.6) is 11.5 Å². The number of aliphatic hydroxyl groups is 3. The molecule has 10 heteroatoms. The fraction of sp³-hybridized carbons (Fsp3) is 0.621. The number of aliphatic hydroxyl groups excluding tert-OH is 1. The molecule has 1 aromatic carbocycles. The largest absolute Gasteiger partial charge is 0.499 e. The number of carbonyl (C=O) groups excluding carboxylic acids is 1. The van der Waals surface area contributed by atoms with E-state index >= 15 is 0 Å². The number of ether oxygens (including phenoxy) is 5. The van der Waals surface area contributed by atoms with Crippen molar-refractivity contribution in [1.82, 2.24) is 4.90 Å². The van der Waals surface area contributed by atoms with Crippen molar-refractivity contribution < 1.29 is 43.8 Å². The number of hydrogen-bond donors (Lipinski definition) is 3. The molecule has 3 aliphatic heterocycles. The van der Waals surface area contributed by atoms with Crippen molar-refractivity contribution >= 4 is 5.97 Å². The minimum absolute atomic E-state index is 0.150. The second-order valence-corrected chi connectivity index (χ2v) is 11.5. The summed E-state index contributed by atoms with van der Waals surface area (Å²) in [6.07, 6.45) is 4.68. The van der Waals surface area contributed by atoms with Crippen molar-refractivity contribution in [3.05, 3.63) is 47.2 Å². The van der Waals surface area contributed by atoms with Crippen LogP contribution in [0.25, 0.3) is 0 Å². The van der Waals surface area contributed by atoms with E-state index in [9.17, 15) is 20.1 Å². The Kier molecular flexibility index (Phi) is 7.45. The Hall–Kier alpha value is -2.63. The number of hydrogen-bond acceptors (Lipinski definition) is 10. The predicted molar refractivity (Wildman–Crippen MR) is 140 cm³/mol. The molecule has 5 atom stereocenters. The van der Waals surface area contributed by atoms with Gasteiger partial charge >= 0.3 is 5.97 Å². The normalized spacial score (nSPS) is 28.2. The SMILES string of the molecule is COC(=O)C[C@](O)(C/C=C/C(C)(C)O)C(O)O[C@@H]1C(OC)=C[C@]23CCCN2CCc2cc4c(cc2[C@H]13)OCO4. The third-order valence-corrected chi connectivity index (χ3v) is 8.37. The van der Waals surface area contributed by atoms with Gasteiger partial charge in [0, 0.05) is 12.5 Å². The molecule has 1 saturated heterocycles. The molecule has 1 unspecified atom stereocenters. The van der Waals surface area contributed by atoms with Crippen LogP contribution in [0.4, 0.5) is 0 Å². The lowest BCUT2D eigenvalue weighted by Crippen LogP contribution is -2.51. The molecule has 0 radical (unpaired) electrons. The van der Waals surface area contributed by atoms with E-state index in [2.05, 4.69) is 11.0 Å². The lowest BCUT2D eigenvalue weighted by Gasteiger charge is -2.41. The molecule has 5 rings (SSSR count). The summed E-state index contributed by atoms with van der Waals surface area (Å²) in [5.74, 6) is 0.984. The smallest absolute Gasteiger partial charge is 0.308 e. The Morgan fingerprint density at radius 2 is 1.97 bits per heavy atom. The summed E-state index contributed by atoms with van der Waals surface area (Å²) in [5, 5.41) is 33.0. The van der Waals surface area contributed by atoms with E-state index < -0.39 is 41.5 Å². The Morgan fingerprint density at radius 3 is 2.67 bits per heavy atom. The molecule has 1 aromatic rings. The molecule has 1 fully saturated rings. The highest BCUT2D eigenvalue weighted by atomic mass is 16.7. The van der Waals surface area contributed by atoms with Crippen molar-refractivity contribution in [2.45, 2.75) is 81.0 Å². The zero-order valence-corrected chi connectivity index (χ0v) is 23.0. The van der Waals surface area contributed by atoms with Crippen molar-refractivity contribution in [3.8, 4) is 11.5 Å². The predicted octanol–water partition coefficient (Wildman–Crippen LogP) is 2.15. The average molecular weight is 546 g/mol. The van der Waals surface area contributed by atoms with Crippen LogP contribution in [0.15, 0.2) is 36.1 Å². The standard InChI is InChI=1S/C29H39NO9/c1-27(2,33)8-5-10-29(34,16-23(31)36-4)26(32)39-25-22(35-3)15-28-9-6-11-30(28)12-7-18-13-20-21(38-17-37-20)14-19(18)24(25)28/h5,8,13-15,24-26,32-34H,6-7,9-12,16-17H2,1-4H3/b8-5+/t24-,25-,26?,28+,29-/m1/s1. The van der Waals surface area contributed by atoms with E-state index in [1.54, 1.807) is 21.0 Å². The summed E-state index contributed by atoms with van der Waals surface area (Å²) in [5.41, 5.74) is -1.39. The summed E-state index contributed by atoms with van der Waals surface area (Å²) in [7, 11) is 2.79. The van der Waals surface area contributed by atoms with Crippen molar-refractivity contribution in [2.24, 2.45) is 0 Å². The molecular weight excluding hydrogens is 506 g/mol. The fourth-order valence-corrected chi connectivity index (χ4v) is 6.51. The molecule has 39 heavy (non-hydrogen) atoms. The number of carbonyl (C=O) groups is 1. The van der Waals surface area contributed by atoms with Gasteiger partial charge < -0.3 is 39.0 Å². The highest BCUT2D eigenvalue weighted by molar-refractivity contribution is 5.70. The van der Waals surface area contributed by atoms with Crippen LogP contribution in [0, 0.1) is 0 Å². The van der Waals surface area contributed by atoms with Crippen LogP contribution in [0.3, 0.4) is 0 Å². The molecule has 0 amide bonds. The number of methoxy groups -OCH3 is 2. The quantitative estimate of drug-likeness (QED) is 0.241. The Bertz CT molecular complexity index is 1160. The summed E-state index contributed by atoms with van der Waals surface area (Å²) < 4.78 is 28.3. The van der Waals surface area contributed by atoms with Gasteiger partial charge in [0.2, 0.25) is 6.79 Å². The third-order valence-electron chi connectivity index (χ3n) is 8.37. The van der Waals surface area contributed by atoms with E-state index in [4.69, 9.17) is 23.7 Å².